The Labute approximate surface area is 126 Å². The van der Waals surface area contributed by atoms with Gasteiger partial charge in [-0.2, -0.15) is 0 Å². The zero-order chi connectivity index (χ0) is 14.6. The number of nitrogens with zero attached hydrogens (tertiary/aromatic N) is 2. The van der Waals surface area contributed by atoms with Crippen molar-refractivity contribution < 1.29 is 9.66 Å². The second-order valence-electron chi connectivity index (χ2n) is 4.41. The van der Waals surface area contributed by atoms with Gasteiger partial charge in [-0.3, -0.25) is 10.1 Å². The number of nitrogens with one attached hydrogen (secondary N) is 1. The van der Waals surface area contributed by atoms with Crippen molar-refractivity contribution in [3.8, 4) is 5.75 Å². The summed E-state index contributed by atoms with van der Waals surface area (Å²) >= 11 is 2.04. The van der Waals surface area contributed by atoms with Gasteiger partial charge in [0.05, 0.1) is 27.2 Å². The Balaban J connectivity index is 3.32. The van der Waals surface area contributed by atoms with Crippen molar-refractivity contribution >= 4 is 28.3 Å². The van der Waals surface area contributed by atoms with E-state index in [9.17, 15) is 10.1 Å². The first kappa shape index (κ1) is 16.1. The third kappa shape index (κ3) is 4.02. The Morgan fingerprint density at radius 1 is 1.53 bits per heavy atom. The monoisotopic (exact) mass is 379 g/mol. The van der Waals surface area contributed by atoms with Crippen LogP contribution in [0.1, 0.15) is 11.6 Å². The van der Waals surface area contributed by atoms with Crippen LogP contribution in [-0.2, 0) is 0 Å². The number of ether oxygens (including phenoxy) is 1. The van der Waals surface area contributed by atoms with Crippen LogP contribution in [0.5, 0.6) is 5.75 Å². The number of hydrogen-bond donors (Lipinski definition) is 1. The van der Waals surface area contributed by atoms with Gasteiger partial charge in [-0.1, -0.05) is 0 Å². The second-order valence-corrected chi connectivity index (χ2v) is 5.57. The SMILES string of the molecule is CNC(CN(C)C)c1cc(OC)c(I)cc1[N+](=O)[O-]. The molecule has 0 aliphatic rings. The van der Waals surface area contributed by atoms with Crippen LogP contribution >= 0.6 is 22.6 Å². The Bertz CT molecular complexity index is 466. The summed E-state index contributed by atoms with van der Waals surface area (Å²) in [5.41, 5.74) is 0.755. The molecular formula is C12H18IN3O3. The predicted molar refractivity (Wildman–Crippen MR) is 82.7 cm³/mol. The Kier molecular flexibility index (Phi) is 5.95. The minimum Gasteiger partial charge on any atom is -0.496 e. The molecule has 1 N–H and O–H groups in total. The Morgan fingerprint density at radius 3 is 2.58 bits per heavy atom. The number of nitro benzene ring substituents is 1. The molecule has 19 heavy (non-hydrogen) atoms. The van der Waals surface area contributed by atoms with E-state index in [4.69, 9.17) is 4.74 Å². The van der Waals surface area contributed by atoms with Gasteiger partial charge in [0.15, 0.2) is 0 Å². The van der Waals surface area contributed by atoms with Crippen molar-refractivity contribution in [3.05, 3.63) is 31.4 Å². The third-order valence-electron chi connectivity index (χ3n) is 2.77. The van der Waals surface area contributed by atoms with E-state index in [1.807, 2.05) is 41.6 Å². The molecule has 1 atom stereocenters. The summed E-state index contributed by atoms with van der Waals surface area (Å²) in [7, 11) is 7.22. The molecule has 0 fully saturated rings. The van der Waals surface area contributed by atoms with Gasteiger partial charge >= 0.3 is 0 Å². The maximum atomic E-state index is 11.2. The van der Waals surface area contributed by atoms with Crippen LogP contribution in [0.15, 0.2) is 12.1 Å². The second kappa shape index (κ2) is 7.01. The molecule has 0 heterocycles. The number of halogens is 1. The lowest BCUT2D eigenvalue weighted by molar-refractivity contribution is -0.385. The number of nitro groups is 1. The average molecular weight is 379 g/mol. The third-order valence-corrected chi connectivity index (χ3v) is 3.61. The van der Waals surface area contributed by atoms with E-state index < -0.39 is 0 Å². The standard InChI is InChI=1S/C12H18IN3O3/c1-14-10(7-15(2)3)8-5-12(19-4)9(13)6-11(8)16(17)18/h5-6,10,14H,7H2,1-4H3. The van der Waals surface area contributed by atoms with E-state index in [2.05, 4.69) is 5.32 Å². The highest BCUT2D eigenvalue weighted by Crippen LogP contribution is 2.33. The molecule has 0 bridgehead atoms. The molecule has 106 valence electrons. The molecule has 0 aliphatic carbocycles. The minimum absolute atomic E-state index is 0.117. The summed E-state index contributed by atoms with van der Waals surface area (Å²) < 4.78 is 5.98. The summed E-state index contributed by atoms with van der Waals surface area (Å²) in [4.78, 5) is 12.8. The number of benzene rings is 1. The van der Waals surface area contributed by atoms with E-state index in [-0.39, 0.29) is 16.7 Å². The summed E-state index contributed by atoms with van der Waals surface area (Å²) in [6.45, 7) is 0.668. The molecule has 1 unspecified atom stereocenters. The van der Waals surface area contributed by atoms with Gasteiger partial charge in [-0.25, -0.2) is 0 Å². The quantitative estimate of drug-likeness (QED) is 0.466. The molecule has 7 heteroatoms. The van der Waals surface area contributed by atoms with Crippen LogP contribution in [0.2, 0.25) is 0 Å². The first-order valence-corrected chi connectivity index (χ1v) is 6.82. The fraction of sp³-hybridized carbons (Fsp3) is 0.500. The van der Waals surface area contributed by atoms with Crippen molar-refractivity contribution in [2.75, 3.05) is 34.8 Å². The zero-order valence-electron chi connectivity index (χ0n) is 11.4. The summed E-state index contributed by atoms with van der Waals surface area (Å²) in [5.74, 6) is 0.653. The fourth-order valence-electron chi connectivity index (χ4n) is 1.86. The van der Waals surface area contributed by atoms with Gasteiger partial charge in [0.1, 0.15) is 5.75 Å². The molecular weight excluding hydrogens is 361 g/mol. The van der Waals surface area contributed by atoms with Crippen LogP contribution in [-0.4, -0.2) is 44.6 Å². The van der Waals surface area contributed by atoms with E-state index in [0.717, 1.165) is 3.57 Å². The predicted octanol–water partition coefficient (Wildman–Crippen LogP) is 2.03. The Hall–Kier alpha value is -0.930. The number of likely N-dealkylation sites (N-methyl/N-ethyl adjacent to an activating group) is 2. The van der Waals surface area contributed by atoms with Gasteiger partial charge in [0.25, 0.3) is 5.69 Å². The molecule has 1 aromatic rings. The summed E-state index contributed by atoms with van der Waals surface area (Å²) in [5, 5.41) is 14.3. The molecule has 0 saturated heterocycles. The van der Waals surface area contributed by atoms with Crippen LogP contribution in [0.3, 0.4) is 0 Å². The highest BCUT2D eigenvalue weighted by Gasteiger charge is 2.24. The minimum atomic E-state index is -0.350. The lowest BCUT2D eigenvalue weighted by Crippen LogP contribution is -2.29. The first-order chi connectivity index (χ1) is 8.90. The zero-order valence-corrected chi connectivity index (χ0v) is 13.6. The van der Waals surface area contributed by atoms with Crippen molar-refractivity contribution in [1.29, 1.82) is 0 Å². The molecule has 0 aliphatic heterocycles. The number of rotatable bonds is 6. The van der Waals surface area contributed by atoms with Gasteiger partial charge in [0, 0.05) is 12.6 Å². The van der Waals surface area contributed by atoms with Crippen molar-refractivity contribution in [3.63, 3.8) is 0 Å². The normalized spacial score (nSPS) is 12.5. The highest BCUT2D eigenvalue weighted by atomic mass is 127. The molecule has 0 saturated carbocycles. The molecule has 1 rings (SSSR count). The maximum absolute atomic E-state index is 11.2. The van der Waals surface area contributed by atoms with Gasteiger partial charge < -0.3 is 15.0 Å². The van der Waals surface area contributed by atoms with E-state index in [1.54, 1.807) is 26.3 Å². The van der Waals surface area contributed by atoms with Crippen LogP contribution in [0, 0.1) is 13.7 Å². The Morgan fingerprint density at radius 2 is 2.16 bits per heavy atom. The fourth-order valence-corrected chi connectivity index (χ4v) is 2.53. The molecule has 0 amide bonds. The van der Waals surface area contributed by atoms with Crippen molar-refractivity contribution in [1.82, 2.24) is 10.2 Å². The lowest BCUT2D eigenvalue weighted by Gasteiger charge is -2.21. The molecule has 6 nitrogen and oxygen atoms in total. The van der Waals surface area contributed by atoms with E-state index in [0.29, 0.717) is 17.9 Å². The first-order valence-electron chi connectivity index (χ1n) is 5.74. The number of methoxy groups -OCH3 is 1. The van der Waals surface area contributed by atoms with Gasteiger partial charge in [0.2, 0.25) is 0 Å². The molecule has 1 aromatic carbocycles. The van der Waals surface area contributed by atoms with E-state index in [1.165, 1.54) is 0 Å². The average Bonchev–Trinajstić information content (AvgIpc) is 2.35. The smallest absolute Gasteiger partial charge is 0.275 e. The molecule has 0 spiro atoms. The van der Waals surface area contributed by atoms with E-state index >= 15 is 0 Å². The molecule has 0 aromatic heterocycles. The van der Waals surface area contributed by atoms with Gasteiger partial charge in [-0.05, 0) is 49.8 Å². The lowest BCUT2D eigenvalue weighted by atomic mass is 10.0. The largest absolute Gasteiger partial charge is 0.496 e. The van der Waals surface area contributed by atoms with Crippen molar-refractivity contribution in [2.45, 2.75) is 6.04 Å². The highest BCUT2D eigenvalue weighted by molar-refractivity contribution is 14.1. The summed E-state index contributed by atoms with van der Waals surface area (Å²) in [6.07, 6.45) is 0. The number of hydrogen-bond acceptors (Lipinski definition) is 5. The van der Waals surface area contributed by atoms with Crippen LogP contribution in [0.25, 0.3) is 0 Å². The van der Waals surface area contributed by atoms with Gasteiger partial charge in [-0.15, -0.1) is 0 Å². The summed E-state index contributed by atoms with van der Waals surface area (Å²) in [6, 6.07) is 3.17. The van der Waals surface area contributed by atoms with Crippen LogP contribution < -0.4 is 10.1 Å². The molecule has 0 radical (unpaired) electrons. The van der Waals surface area contributed by atoms with Crippen LogP contribution in [0.4, 0.5) is 5.69 Å². The maximum Gasteiger partial charge on any atom is 0.275 e. The topological polar surface area (TPSA) is 67.6 Å². The van der Waals surface area contributed by atoms with Crippen molar-refractivity contribution in [2.24, 2.45) is 0 Å².